The van der Waals surface area contributed by atoms with Crippen LogP contribution in [0.5, 0.6) is 0 Å². The molecule has 0 radical (unpaired) electrons. The highest BCUT2D eigenvalue weighted by atomic mass is 35.5. The summed E-state index contributed by atoms with van der Waals surface area (Å²) in [5.41, 5.74) is 5.96. The number of nitrogens with two attached hydrogens (primary N) is 1. The standard InChI is InChI=1S/C13H20ClN3O2S/c1-17-7-3-2-4-10(17)9-16-20(18,19)11-5-6-13(15)12(14)8-11/h5-6,8,10,16H,2-4,7,9,15H2,1H3. The molecule has 0 amide bonds. The van der Waals surface area contributed by atoms with Crippen LogP contribution in [-0.2, 0) is 10.0 Å². The van der Waals surface area contributed by atoms with Crippen LogP contribution in [0.1, 0.15) is 19.3 Å². The Labute approximate surface area is 125 Å². The fourth-order valence-corrected chi connectivity index (χ4v) is 3.71. The van der Waals surface area contributed by atoms with Gasteiger partial charge in [-0.3, -0.25) is 0 Å². The van der Waals surface area contributed by atoms with E-state index in [0.717, 1.165) is 19.4 Å². The Kier molecular flexibility index (Phi) is 4.90. The third kappa shape index (κ3) is 3.63. The van der Waals surface area contributed by atoms with Crippen molar-refractivity contribution >= 4 is 27.3 Å². The number of hydrogen-bond donors (Lipinski definition) is 2. The molecule has 112 valence electrons. The average Bonchev–Trinajstić information content (AvgIpc) is 2.41. The van der Waals surface area contributed by atoms with E-state index in [-0.39, 0.29) is 16.0 Å². The Bertz CT molecular complexity index is 577. The summed E-state index contributed by atoms with van der Waals surface area (Å²) in [5, 5.41) is 0.252. The van der Waals surface area contributed by atoms with Gasteiger partial charge in [0.15, 0.2) is 0 Å². The summed E-state index contributed by atoms with van der Waals surface area (Å²) in [7, 11) is -1.51. The first-order valence-electron chi connectivity index (χ1n) is 6.65. The lowest BCUT2D eigenvalue weighted by Gasteiger charge is -2.32. The van der Waals surface area contributed by atoms with Gasteiger partial charge < -0.3 is 10.6 Å². The number of sulfonamides is 1. The van der Waals surface area contributed by atoms with E-state index in [9.17, 15) is 8.42 Å². The summed E-state index contributed by atoms with van der Waals surface area (Å²) < 4.78 is 27.1. The number of likely N-dealkylation sites (tertiary alicyclic amines) is 1. The van der Waals surface area contributed by atoms with Gasteiger partial charge in [0, 0.05) is 12.6 Å². The van der Waals surface area contributed by atoms with E-state index in [4.69, 9.17) is 17.3 Å². The Balaban J connectivity index is 2.05. The zero-order chi connectivity index (χ0) is 14.8. The number of piperidine rings is 1. The summed E-state index contributed by atoms with van der Waals surface area (Å²) in [4.78, 5) is 2.34. The molecule has 1 saturated heterocycles. The normalized spacial score (nSPS) is 21.0. The van der Waals surface area contributed by atoms with Crippen molar-refractivity contribution in [2.24, 2.45) is 0 Å². The lowest BCUT2D eigenvalue weighted by atomic mass is 10.0. The number of halogens is 1. The third-order valence-electron chi connectivity index (χ3n) is 3.71. The fourth-order valence-electron chi connectivity index (χ4n) is 2.37. The Morgan fingerprint density at radius 2 is 2.20 bits per heavy atom. The van der Waals surface area contributed by atoms with Crippen LogP contribution >= 0.6 is 11.6 Å². The number of nitrogens with one attached hydrogen (secondary N) is 1. The van der Waals surface area contributed by atoms with Gasteiger partial charge in [-0.05, 0) is 44.6 Å². The molecule has 5 nitrogen and oxygen atoms in total. The predicted octanol–water partition coefficient (Wildman–Crippen LogP) is 1.68. The van der Waals surface area contributed by atoms with Crippen molar-refractivity contribution in [1.29, 1.82) is 0 Å². The van der Waals surface area contributed by atoms with Crippen molar-refractivity contribution in [3.8, 4) is 0 Å². The van der Waals surface area contributed by atoms with Crippen LogP contribution in [0.3, 0.4) is 0 Å². The third-order valence-corrected chi connectivity index (χ3v) is 5.46. The summed E-state index contributed by atoms with van der Waals surface area (Å²) in [6.07, 6.45) is 3.33. The lowest BCUT2D eigenvalue weighted by Crippen LogP contribution is -2.44. The summed E-state index contributed by atoms with van der Waals surface area (Å²) in [6, 6.07) is 4.60. The molecule has 1 aromatic carbocycles. The molecule has 3 N–H and O–H groups in total. The highest BCUT2D eigenvalue weighted by molar-refractivity contribution is 7.89. The molecule has 0 aliphatic carbocycles. The highest BCUT2D eigenvalue weighted by Gasteiger charge is 2.22. The van der Waals surface area contributed by atoms with Gasteiger partial charge in [0.1, 0.15) is 0 Å². The molecule has 0 saturated carbocycles. The number of nitrogens with zero attached hydrogens (tertiary/aromatic N) is 1. The van der Waals surface area contributed by atoms with Crippen molar-refractivity contribution in [2.45, 2.75) is 30.2 Å². The van der Waals surface area contributed by atoms with E-state index in [1.54, 1.807) is 0 Å². The van der Waals surface area contributed by atoms with Crippen molar-refractivity contribution in [2.75, 3.05) is 25.9 Å². The maximum atomic E-state index is 12.2. The first-order valence-corrected chi connectivity index (χ1v) is 8.51. The quantitative estimate of drug-likeness (QED) is 0.829. The van der Waals surface area contributed by atoms with Crippen molar-refractivity contribution in [3.05, 3.63) is 23.2 Å². The topological polar surface area (TPSA) is 75.4 Å². The monoisotopic (exact) mass is 317 g/mol. The second kappa shape index (κ2) is 6.30. The number of hydrogen-bond acceptors (Lipinski definition) is 4. The van der Waals surface area contributed by atoms with Gasteiger partial charge in [-0.25, -0.2) is 13.1 Å². The lowest BCUT2D eigenvalue weighted by molar-refractivity contribution is 0.187. The minimum absolute atomic E-state index is 0.148. The number of nitrogen functional groups attached to an aromatic ring is 1. The molecular formula is C13H20ClN3O2S. The van der Waals surface area contributed by atoms with Crippen LogP contribution in [0.4, 0.5) is 5.69 Å². The molecule has 1 aliphatic rings. The SMILES string of the molecule is CN1CCCCC1CNS(=O)(=O)c1ccc(N)c(Cl)c1. The molecule has 1 aromatic rings. The molecule has 1 atom stereocenters. The Morgan fingerprint density at radius 1 is 1.45 bits per heavy atom. The van der Waals surface area contributed by atoms with E-state index in [0.29, 0.717) is 12.2 Å². The Hall–Kier alpha value is -0.820. The second-order valence-corrected chi connectivity index (χ2v) is 7.34. The Morgan fingerprint density at radius 3 is 2.85 bits per heavy atom. The van der Waals surface area contributed by atoms with Gasteiger partial charge >= 0.3 is 0 Å². The largest absolute Gasteiger partial charge is 0.398 e. The van der Waals surface area contributed by atoms with Gasteiger partial charge in [0.05, 0.1) is 15.6 Å². The minimum Gasteiger partial charge on any atom is -0.398 e. The van der Waals surface area contributed by atoms with E-state index in [1.165, 1.54) is 24.6 Å². The second-order valence-electron chi connectivity index (χ2n) is 5.17. The minimum atomic E-state index is -3.54. The molecular weight excluding hydrogens is 298 g/mol. The van der Waals surface area contributed by atoms with E-state index in [2.05, 4.69) is 9.62 Å². The molecule has 20 heavy (non-hydrogen) atoms. The van der Waals surface area contributed by atoms with Crippen molar-refractivity contribution < 1.29 is 8.42 Å². The number of rotatable bonds is 4. The van der Waals surface area contributed by atoms with Crippen LogP contribution in [0.15, 0.2) is 23.1 Å². The zero-order valence-corrected chi connectivity index (χ0v) is 13.0. The maximum Gasteiger partial charge on any atom is 0.240 e. The van der Waals surface area contributed by atoms with Crippen LogP contribution < -0.4 is 10.5 Å². The van der Waals surface area contributed by atoms with E-state index < -0.39 is 10.0 Å². The van der Waals surface area contributed by atoms with E-state index >= 15 is 0 Å². The van der Waals surface area contributed by atoms with Gasteiger partial charge in [0.2, 0.25) is 10.0 Å². The smallest absolute Gasteiger partial charge is 0.240 e. The van der Waals surface area contributed by atoms with Crippen LogP contribution in [0, 0.1) is 0 Å². The molecule has 2 rings (SSSR count). The summed E-state index contributed by atoms with van der Waals surface area (Å²) in [5.74, 6) is 0. The molecule has 1 aliphatic heterocycles. The number of benzene rings is 1. The van der Waals surface area contributed by atoms with E-state index in [1.807, 2.05) is 7.05 Å². The highest BCUT2D eigenvalue weighted by Crippen LogP contribution is 2.22. The molecule has 1 heterocycles. The molecule has 1 unspecified atom stereocenters. The summed E-state index contributed by atoms with van der Waals surface area (Å²) in [6.45, 7) is 1.43. The fraction of sp³-hybridized carbons (Fsp3) is 0.538. The van der Waals surface area contributed by atoms with Gasteiger partial charge in [-0.2, -0.15) is 0 Å². The van der Waals surface area contributed by atoms with Crippen LogP contribution in [-0.4, -0.2) is 39.5 Å². The first kappa shape index (κ1) is 15.6. The van der Waals surface area contributed by atoms with Gasteiger partial charge in [-0.15, -0.1) is 0 Å². The van der Waals surface area contributed by atoms with Gasteiger partial charge in [-0.1, -0.05) is 18.0 Å². The van der Waals surface area contributed by atoms with Crippen LogP contribution in [0.2, 0.25) is 5.02 Å². The van der Waals surface area contributed by atoms with Crippen molar-refractivity contribution in [3.63, 3.8) is 0 Å². The first-order chi connectivity index (χ1) is 9.40. The van der Waals surface area contributed by atoms with Gasteiger partial charge in [0.25, 0.3) is 0 Å². The molecule has 7 heteroatoms. The maximum absolute atomic E-state index is 12.2. The predicted molar refractivity (Wildman–Crippen MR) is 81.3 cm³/mol. The summed E-state index contributed by atoms with van der Waals surface area (Å²) >= 11 is 5.87. The zero-order valence-electron chi connectivity index (χ0n) is 11.5. The number of anilines is 1. The molecule has 0 spiro atoms. The molecule has 0 aromatic heterocycles. The number of likely N-dealkylation sites (N-methyl/N-ethyl adjacent to an activating group) is 1. The average molecular weight is 318 g/mol. The van der Waals surface area contributed by atoms with Crippen molar-refractivity contribution in [1.82, 2.24) is 9.62 Å². The molecule has 0 bridgehead atoms. The van der Waals surface area contributed by atoms with Crippen LogP contribution in [0.25, 0.3) is 0 Å². The molecule has 1 fully saturated rings.